The minimum atomic E-state index is 0.127. The second-order valence-electron chi connectivity index (χ2n) is 17.5. The number of aryl methyl sites for hydroxylation is 2. The molecule has 1 atom stereocenters. The van der Waals surface area contributed by atoms with Gasteiger partial charge in [-0.25, -0.2) is 9.97 Å². The van der Waals surface area contributed by atoms with Crippen molar-refractivity contribution in [2.24, 2.45) is 0 Å². The zero-order chi connectivity index (χ0) is 43.6. The van der Waals surface area contributed by atoms with Crippen LogP contribution in [0.3, 0.4) is 0 Å². The third-order valence-corrected chi connectivity index (χ3v) is 13.9. The van der Waals surface area contributed by atoms with Crippen molar-refractivity contribution in [3.05, 3.63) is 239 Å². The second-order valence-corrected chi connectivity index (χ2v) is 18.5. The van der Waals surface area contributed by atoms with E-state index < -0.39 is 0 Å². The zero-order valence-corrected chi connectivity index (χ0v) is 37.8. The lowest BCUT2D eigenvalue weighted by Gasteiger charge is -2.29. The Bertz CT molecular complexity index is 2920. The van der Waals surface area contributed by atoms with Gasteiger partial charge in [-0.3, -0.25) is 0 Å². The molecule has 1 unspecified atom stereocenters. The lowest BCUT2D eigenvalue weighted by atomic mass is 9.76. The van der Waals surface area contributed by atoms with Crippen LogP contribution in [0.2, 0.25) is 0 Å². The van der Waals surface area contributed by atoms with Gasteiger partial charge >= 0.3 is 0 Å². The van der Waals surface area contributed by atoms with E-state index in [4.69, 9.17) is 4.98 Å². The summed E-state index contributed by atoms with van der Waals surface area (Å²) in [5.41, 5.74) is 18.0. The Morgan fingerprint density at radius 3 is 1.78 bits per heavy atom. The van der Waals surface area contributed by atoms with Gasteiger partial charge in [0.05, 0.1) is 5.69 Å². The van der Waals surface area contributed by atoms with Crippen LogP contribution in [0, 0.1) is 13.8 Å². The van der Waals surface area contributed by atoms with Crippen LogP contribution in [0.25, 0.3) is 33.8 Å². The zero-order valence-electron chi connectivity index (χ0n) is 37.0. The second kappa shape index (κ2) is 17.6. The molecule has 0 bridgehead atoms. The molecule has 63 heavy (non-hydrogen) atoms. The Morgan fingerprint density at radius 2 is 1.11 bits per heavy atom. The summed E-state index contributed by atoms with van der Waals surface area (Å²) in [6.07, 6.45) is 7.70. The van der Waals surface area contributed by atoms with Crippen LogP contribution in [0.5, 0.6) is 0 Å². The van der Waals surface area contributed by atoms with Crippen LogP contribution < -0.4 is 4.90 Å². The number of thioether (sulfide) groups is 1. The maximum atomic E-state index is 4.70. The highest BCUT2D eigenvalue weighted by molar-refractivity contribution is 8.03. The van der Waals surface area contributed by atoms with Crippen molar-refractivity contribution in [1.82, 2.24) is 9.97 Å². The van der Waals surface area contributed by atoms with E-state index in [1.165, 1.54) is 65.8 Å². The summed E-state index contributed by atoms with van der Waals surface area (Å²) >= 11 is 1.94. The maximum absolute atomic E-state index is 4.70. The van der Waals surface area contributed by atoms with Gasteiger partial charge in [0, 0.05) is 55.0 Å². The van der Waals surface area contributed by atoms with Gasteiger partial charge in [0.2, 0.25) is 0 Å². The van der Waals surface area contributed by atoms with Gasteiger partial charge in [-0.05, 0) is 103 Å². The minimum Gasteiger partial charge on any atom is -0.310 e. The van der Waals surface area contributed by atoms with E-state index in [0.717, 1.165) is 34.6 Å². The van der Waals surface area contributed by atoms with Crippen molar-refractivity contribution in [2.45, 2.75) is 63.7 Å². The molecule has 4 heteroatoms. The number of nitrogens with zero attached hydrogens (tertiary/aromatic N) is 3. The Morgan fingerprint density at radius 1 is 0.540 bits per heavy atom. The number of para-hydroxylation sites is 2. The summed E-state index contributed by atoms with van der Waals surface area (Å²) in [5.74, 6) is 0.769. The highest BCUT2D eigenvalue weighted by atomic mass is 32.2. The Hall–Kier alpha value is -6.75. The van der Waals surface area contributed by atoms with Gasteiger partial charge in [0.15, 0.2) is 5.82 Å². The SMILES string of the molecule is CC1=CCC2(C)C(=C1)Sc1cc(N(c3ccccc3)c3ccccc3)ccc12.Cc1ccc2c(c1)-c1ccccc1C2(C)C.Cc1cnc(-c2ccccc2)nc1-c1ccccc1. The fourth-order valence-corrected chi connectivity index (χ4v) is 10.6. The summed E-state index contributed by atoms with van der Waals surface area (Å²) in [6, 6.07) is 64.0. The summed E-state index contributed by atoms with van der Waals surface area (Å²) in [7, 11) is 0. The van der Waals surface area contributed by atoms with E-state index in [2.05, 4.69) is 190 Å². The number of benzene rings is 7. The number of fused-ring (bicyclic) bond motifs is 6. The number of rotatable bonds is 5. The lowest BCUT2D eigenvalue weighted by Crippen LogP contribution is -2.21. The molecule has 0 radical (unpaired) electrons. The molecule has 0 fully saturated rings. The summed E-state index contributed by atoms with van der Waals surface area (Å²) in [4.78, 5) is 14.3. The largest absolute Gasteiger partial charge is 0.310 e. The molecule has 0 spiro atoms. The molecular weight excluding hydrogens is 783 g/mol. The monoisotopic (exact) mass is 835 g/mol. The highest BCUT2D eigenvalue weighted by Gasteiger charge is 2.40. The van der Waals surface area contributed by atoms with Crippen molar-refractivity contribution in [3.63, 3.8) is 0 Å². The molecule has 3 aliphatic rings. The van der Waals surface area contributed by atoms with Crippen molar-refractivity contribution < 1.29 is 0 Å². The molecule has 3 nitrogen and oxygen atoms in total. The molecule has 7 aromatic carbocycles. The van der Waals surface area contributed by atoms with E-state index in [1.54, 1.807) is 0 Å². The summed E-state index contributed by atoms with van der Waals surface area (Å²) < 4.78 is 0. The summed E-state index contributed by atoms with van der Waals surface area (Å²) in [6.45, 7) is 13.4. The Kier molecular flexibility index (Phi) is 11.6. The molecule has 2 heterocycles. The van der Waals surface area contributed by atoms with Crippen molar-refractivity contribution in [1.29, 1.82) is 0 Å². The predicted octanol–water partition coefficient (Wildman–Crippen LogP) is 16.2. The van der Waals surface area contributed by atoms with Crippen LogP contribution in [0.4, 0.5) is 17.1 Å². The van der Waals surface area contributed by atoms with Gasteiger partial charge in [0.25, 0.3) is 0 Å². The van der Waals surface area contributed by atoms with Gasteiger partial charge in [-0.15, -0.1) is 0 Å². The first kappa shape index (κ1) is 41.6. The quantitative estimate of drug-likeness (QED) is 0.173. The third kappa shape index (κ3) is 8.32. The molecular formula is C59H53N3S. The molecule has 2 aliphatic carbocycles. The molecule has 1 aromatic heterocycles. The topological polar surface area (TPSA) is 29.0 Å². The Balaban J connectivity index is 0.000000126. The molecule has 8 aromatic rings. The Labute approximate surface area is 378 Å². The minimum absolute atomic E-state index is 0.127. The fraction of sp³-hybridized carbons (Fsp3) is 0.153. The molecule has 1 aliphatic heterocycles. The standard InChI is InChI=1S/C26H23NS.C17H14N2.C16H16/c1-19-15-16-26(2)23-14-13-22(18-24(23)28-25(26)17-19)27(20-9-5-3-6-10-20)21-11-7-4-8-12-21;1-13-12-18-17(15-10-6-3-7-11-15)19-16(13)14-8-4-2-5-9-14;1-11-8-9-15-13(10-11)12-6-4-5-7-14(12)16(15,2)3/h3-15,17-18H,16H2,1-2H3;2-12H,1H3;4-10H,1-3H3. The smallest absolute Gasteiger partial charge is 0.159 e. The van der Waals surface area contributed by atoms with Gasteiger partial charge in [-0.2, -0.15) is 0 Å². The van der Waals surface area contributed by atoms with E-state index in [0.29, 0.717) is 0 Å². The van der Waals surface area contributed by atoms with E-state index in [-0.39, 0.29) is 10.8 Å². The predicted molar refractivity (Wildman–Crippen MR) is 267 cm³/mol. The average molecular weight is 836 g/mol. The van der Waals surface area contributed by atoms with E-state index >= 15 is 0 Å². The molecule has 0 saturated carbocycles. The van der Waals surface area contributed by atoms with Crippen molar-refractivity contribution in [3.8, 4) is 33.8 Å². The summed E-state index contributed by atoms with van der Waals surface area (Å²) in [5, 5.41) is 0. The normalized spacial score (nSPS) is 16.0. The van der Waals surface area contributed by atoms with Crippen molar-refractivity contribution >= 4 is 28.8 Å². The molecule has 0 N–H and O–H groups in total. The van der Waals surface area contributed by atoms with Crippen LogP contribution >= 0.6 is 11.8 Å². The number of anilines is 3. The first-order valence-electron chi connectivity index (χ1n) is 21.9. The molecule has 310 valence electrons. The number of hydrogen-bond acceptors (Lipinski definition) is 4. The highest BCUT2D eigenvalue weighted by Crippen LogP contribution is 2.57. The number of aromatic nitrogens is 2. The molecule has 0 saturated heterocycles. The third-order valence-electron chi connectivity index (χ3n) is 12.6. The fourth-order valence-electron chi connectivity index (χ4n) is 9.08. The maximum Gasteiger partial charge on any atom is 0.159 e. The van der Waals surface area contributed by atoms with Crippen LogP contribution in [0.1, 0.15) is 61.9 Å². The van der Waals surface area contributed by atoms with Crippen LogP contribution in [0.15, 0.2) is 216 Å². The first-order chi connectivity index (χ1) is 30.6. The number of hydrogen-bond donors (Lipinski definition) is 0. The van der Waals surface area contributed by atoms with E-state index in [1.807, 2.05) is 73.4 Å². The molecule has 0 amide bonds. The average Bonchev–Trinajstić information content (AvgIpc) is 3.73. The van der Waals surface area contributed by atoms with Crippen LogP contribution in [-0.4, -0.2) is 9.97 Å². The van der Waals surface area contributed by atoms with E-state index in [9.17, 15) is 0 Å². The lowest BCUT2D eigenvalue weighted by molar-refractivity contribution is 0.585. The van der Waals surface area contributed by atoms with Gasteiger partial charge < -0.3 is 4.90 Å². The first-order valence-corrected chi connectivity index (χ1v) is 22.7. The van der Waals surface area contributed by atoms with Gasteiger partial charge in [0.1, 0.15) is 0 Å². The van der Waals surface area contributed by atoms with Crippen molar-refractivity contribution in [2.75, 3.05) is 4.90 Å². The molecule has 11 rings (SSSR count). The number of allylic oxidation sites excluding steroid dienone is 4. The van der Waals surface area contributed by atoms with Gasteiger partial charge in [-0.1, -0.05) is 195 Å². The van der Waals surface area contributed by atoms with Crippen LogP contribution in [-0.2, 0) is 10.8 Å².